The summed E-state index contributed by atoms with van der Waals surface area (Å²) in [7, 11) is 2.19. The summed E-state index contributed by atoms with van der Waals surface area (Å²) in [6.07, 6.45) is 4.17. The minimum Gasteiger partial charge on any atom is -0.444 e. The molecular weight excluding hydrogens is 290 g/mol. The molecule has 0 aromatic heterocycles. The van der Waals surface area contributed by atoms with Crippen molar-refractivity contribution in [3.63, 3.8) is 0 Å². The molecule has 0 saturated carbocycles. The lowest BCUT2D eigenvalue weighted by molar-refractivity contribution is 0.0505. The van der Waals surface area contributed by atoms with Crippen molar-refractivity contribution in [1.29, 1.82) is 0 Å². The number of nitrogens with one attached hydrogen (secondary N) is 2. The lowest BCUT2D eigenvalue weighted by Gasteiger charge is -2.37. The molecule has 0 unspecified atom stereocenters. The van der Waals surface area contributed by atoms with Crippen LogP contribution in [0.5, 0.6) is 0 Å². The van der Waals surface area contributed by atoms with Crippen molar-refractivity contribution in [3.8, 4) is 0 Å². The number of carbonyl (C=O) groups excluding carboxylic acids is 1. The fourth-order valence-electron chi connectivity index (χ4n) is 3.00. The summed E-state index contributed by atoms with van der Waals surface area (Å²) in [4.78, 5) is 14.3. The average Bonchev–Trinajstić information content (AvgIpc) is 2.48. The van der Waals surface area contributed by atoms with Crippen LogP contribution in [0, 0.1) is 5.92 Å². The van der Waals surface area contributed by atoms with Gasteiger partial charge in [0.2, 0.25) is 0 Å². The van der Waals surface area contributed by atoms with Gasteiger partial charge in [0.15, 0.2) is 0 Å². The Bertz CT molecular complexity index is 354. The Morgan fingerprint density at radius 1 is 1.17 bits per heavy atom. The van der Waals surface area contributed by atoms with Gasteiger partial charge < -0.3 is 20.3 Å². The van der Waals surface area contributed by atoms with Crippen molar-refractivity contribution < 1.29 is 9.53 Å². The molecule has 1 heterocycles. The van der Waals surface area contributed by atoms with E-state index in [0.717, 1.165) is 25.3 Å². The van der Waals surface area contributed by atoms with E-state index >= 15 is 0 Å². The predicted octanol–water partition coefficient (Wildman–Crippen LogP) is 3.00. The van der Waals surface area contributed by atoms with Crippen LogP contribution in [-0.4, -0.2) is 55.4 Å². The highest BCUT2D eigenvalue weighted by Gasteiger charge is 2.29. The second-order valence-corrected chi connectivity index (χ2v) is 7.97. The van der Waals surface area contributed by atoms with Crippen LogP contribution in [0.1, 0.15) is 60.3 Å². The lowest BCUT2D eigenvalue weighted by atomic mass is 9.90. The molecule has 1 aliphatic rings. The monoisotopic (exact) mass is 327 g/mol. The molecule has 0 spiro atoms. The number of hydrogen-bond acceptors (Lipinski definition) is 4. The van der Waals surface area contributed by atoms with Crippen molar-refractivity contribution in [2.75, 3.05) is 33.2 Å². The van der Waals surface area contributed by atoms with Gasteiger partial charge in [0.25, 0.3) is 0 Å². The zero-order valence-electron chi connectivity index (χ0n) is 16.0. The largest absolute Gasteiger partial charge is 0.444 e. The Balaban J connectivity index is 2.46. The highest BCUT2D eigenvalue weighted by molar-refractivity contribution is 5.67. The summed E-state index contributed by atoms with van der Waals surface area (Å²) in [5.41, 5.74) is -0.493. The third kappa shape index (κ3) is 7.53. The number of piperidine rings is 1. The normalized spacial score (nSPS) is 18.0. The molecule has 1 fully saturated rings. The third-order valence-corrected chi connectivity index (χ3v) is 4.93. The van der Waals surface area contributed by atoms with Crippen molar-refractivity contribution >= 4 is 6.09 Å². The maximum atomic E-state index is 11.9. The second-order valence-electron chi connectivity index (χ2n) is 7.97. The molecule has 5 nitrogen and oxygen atoms in total. The van der Waals surface area contributed by atoms with Crippen molar-refractivity contribution in [3.05, 3.63) is 0 Å². The highest BCUT2D eigenvalue weighted by Crippen LogP contribution is 2.19. The standard InChI is InChI=1S/C18H37N3O2/c1-7-18(8-2,14-19-16(22)23-17(3,4)5)20-13-15-9-11-21(6)12-10-15/h15,20H,7-14H2,1-6H3,(H,19,22). The van der Waals surface area contributed by atoms with Gasteiger partial charge in [-0.05, 0) is 79.1 Å². The zero-order chi connectivity index (χ0) is 17.5. The number of carbonyl (C=O) groups is 1. The summed E-state index contributed by atoms with van der Waals surface area (Å²) in [5.74, 6) is 0.741. The number of ether oxygens (including phenoxy) is 1. The van der Waals surface area contributed by atoms with E-state index in [9.17, 15) is 4.79 Å². The van der Waals surface area contributed by atoms with E-state index in [1.165, 1.54) is 25.9 Å². The summed E-state index contributed by atoms with van der Waals surface area (Å²) < 4.78 is 5.35. The first kappa shape index (κ1) is 20.2. The van der Waals surface area contributed by atoms with Gasteiger partial charge >= 0.3 is 6.09 Å². The quantitative estimate of drug-likeness (QED) is 0.755. The maximum Gasteiger partial charge on any atom is 0.407 e. The predicted molar refractivity (Wildman–Crippen MR) is 95.8 cm³/mol. The first-order valence-electron chi connectivity index (χ1n) is 9.10. The van der Waals surface area contributed by atoms with Crippen LogP contribution in [0.2, 0.25) is 0 Å². The van der Waals surface area contributed by atoms with E-state index in [1.807, 2.05) is 20.8 Å². The molecule has 0 bridgehead atoms. The number of hydrogen-bond donors (Lipinski definition) is 2. The molecule has 136 valence electrons. The molecule has 5 heteroatoms. The minimum atomic E-state index is -0.452. The smallest absolute Gasteiger partial charge is 0.407 e. The summed E-state index contributed by atoms with van der Waals surface area (Å²) in [6.45, 7) is 14.0. The van der Waals surface area contributed by atoms with Gasteiger partial charge in [-0.1, -0.05) is 13.8 Å². The molecule has 0 aliphatic carbocycles. The third-order valence-electron chi connectivity index (χ3n) is 4.93. The zero-order valence-corrected chi connectivity index (χ0v) is 16.0. The summed E-state index contributed by atoms with van der Waals surface area (Å²) >= 11 is 0. The van der Waals surface area contributed by atoms with Crippen LogP contribution >= 0.6 is 0 Å². The SMILES string of the molecule is CCC(CC)(CNC(=O)OC(C)(C)C)NCC1CCN(C)CC1. The van der Waals surface area contributed by atoms with Gasteiger partial charge in [-0.15, -0.1) is 0 Å². The van der Waals surface area contributed by atoms with E-state index in [4.69, 9.17) is 4.74 Å². The molecule has 2 N–H and O–H groups in total. The molecule has 0 aromatic rings. The number of nitrogens with zero attached hydrogens (tertiary/aromatic N) is 1. The van der Waals surface area contributed by atoms with Gasteiger partial charge in [-0.25, -0.2) is 4.79 Å². The van der Waals surface area contributed by atoms with E-state index in [-0.39, 0.29) is 11.6 Å². The number of likely N-dealkylation sites (tertiary alicyclic amines) is 1. The van der Waals surface area contributed by atoms with Crippen LogP contribution in [-0.2, 0) is 4.74 Å². The molecule has 0 atom stereocenters. The molecule has 0 radical (unpaired) electrons. The first-order valence-corrected chi connectivity index (χ1v) is 9.10. The Morgan fingerprint density at radius 2 is 1.74 bits per heavy atom. The van der Waals surface area contributed by atoms with E-state index in [1.54, 1.807) is 0 Å². The first-order chi connectivity index (χ1) is 10.7. The maximum absolute atomic E-state index is 11.9. The topological polar surface area (TPSA) is 53.6 Å². The average molecular weight is 328 g/mol. The second kappa shape index (κ2) is 8.88. The Hall–Kier alpha value is -0.810. The Kier molecular flexibility index (Phi) is 7.81. The number of amides is 1. The van der Waals surface area contributed by atoms with Gasteiger partial charge in [-0.2, -0.15) is 0 Å². The van der Waals surface area contributed by atoms with Crippen LogP contribution in [0.4, 0.5) is 4.79 Å². The van der Waals surface area contributed by atoms with E-state index in [0.29, 0.717) is 6.54 Å². The summed E-state index contributed by atoms with van der Waals surface area (Å²) in [6, 6.07) is 0. The highest BCUT2D eigenvalue weighted by atomic mass is 16.6. The lowest BCUT2D eigenvalue weighted by Crippen LogP contribution is -2.55. The molecule has 1 rings (SSSR count). The molecule has 0 aromatic carbocycles. The van der Waals surface area contributed by atoms with Crippen LogP contribution < -0.4 is 10.6 Å². The number of alkyl carbamates (subject to hydrolysis) is 1. The van der Waals surface area contributed by atoms with Gasteiger partial charge in [0, 0.05) is 12.1 Å². The Labute approximate surface area is 142 Å². The fraction of sp³-hybridized carbons (Fsp3) is 0.944. The molecular formula is C18H37N3O2. The molecule has 1 saturated heterocycles. The van der Waals surface area contributed by atoms with E-state index < -0.39 is 5.60 Å². The van der Waals surface area contributed by atoms with E-state index in [2.05, 4.69) is 36.4 Å². The number of rotatable bonds is 7. The molecule has 1 aliphatic heterocycles. The fourth-order valence-corrected chi connectivity index (χ4v) is 3.00. The van der Waals surface area contributed by atoms with Gasteiger partial charge in [-0.3, -0.25) is 0 Å². The summed E-state index contributed by atoms with van der Waals surface area (Å²) in [5, 5.41) is 6.69. The van der Waals surface area contributed by atoms with Crippen molar-refractivity contribution in [1.82, 2.24) is 15.5 Å². The van der Waals surface area contributed by atoms with Crippen molar-refractivity contribution in [2.45, 2.75) is 71.4 Å². The Morgan fingerprint density at radius 3 is 2.22 bits per heavy atom. The van der Waals surface area contributed by atoms with Crippen LogP contribution in [0.15, 0.2) is 0 Å². The van der Waals surface area contributed by atoms with Crippen LogP contribution in [0.3, 0.4) is 0 Å². The van der Waals surface area contributed by atoms with Crippen molar-refractivity contribution in [2.24, 2.45) is 5.92 Å². The minimum absolute atomic E-state index is 0.0414. The molecule has 1 amide bonds. The van der Waals surface area contributed by atoms with Gasteiger partial charge in [0.1, 0.15) is 5.60 Å². The van der Waals surface area contributed by atoms with Gasteiger partial charge in [0.05, 0.1) is 0 Å². The van der Waals surface area contributed by atoms with Crippen LogP contribution in [0.25, 0.3) is 0 Å². The molecule has 23 heavy (non-hydrogen) atoms.